The quantitative estimate of drug-likeness (QED) is 0.890. The minimum absolute atomic E-state index is 0.00821. The summed E-state index contributed by atoms with van der Waals surface area (Å²) >= 11 is 5.81. The van der Waals surface area contributed by atoms with Crippen molar-refractivity contribution >= 4 is 27.5 Å². The number of hydrogen-bond donors (Lipinski definition) is 2. The number of piperidine rings is 1. The van der Waals surface area contributed by atoms with Crippen LogP contribution in [0, 0.1) is 5.82 Å². The zero-order valence-corrected chi connectivity index (χ0v) is 12.3. The summed E-state index contributed by atoms with van der Waals surface area (Å²) in [5, 5.41) is 9.26. The molecule has 112 valence electrons. The maximum atomic E-state index is 12.9. The molecule has 0 spiro atoms. The first-order chi connectivity index (χ1) is 9.44. The molecule has 5 nitrogen and oxygen atoms in total. The normalized spacial score (nSPS) is 20.9. The van der Waals surface area contributed by atoms with Crippen molar-refractivity contribution in [3.05, 3.63) is 29.0 Å². The predicted molar refractivity (Wildman–Crippen MR) is 75.4 cm³/mol. The van der Waals surface area contributed by atoms with Crippen molar-refractivity contribution in [2.24, 2.45) is 0 Å². The summed E-state index contributed by atoms with van der Waals surface area (Å²) in [5.41, 5.74) is 0.121. The second kappa shape index (κ2) is 6.26. The van der Waals surface area contributed by atoms with Crippen LogP contribution in [0.1, 0.15) is 19.3 Å². The molecule has 0 bridgehead atoms. The van der Waals surface area contributed by atoms with Gasteiger partial charge in [-0.05, 0) is 31.0 Å². The van der Waals surface area contributed by atoms with Crippen molar-refractivity contribution < 1.29 is 17.9 Å². The van der Waals surface area contributed by atoms with Crippen molar-refractivity contribution in [3.8, 4) is 0 Å². The van der Waals surface area contributed by atoms with Crippen molar-refractivity contribution in [1.82, 2.24) is 4.31 Å². The highest BCUT2D eigenvalue weighted by Gasteiger charge is 2.32. The number of aliphatic hydroxyl groups is 1. The van der Waals surface area contributed by atoms with E-state index in [4.69, 9.17) is 11.6 Å². The molecule has 1 saturated heterocycles. The van der Waals surface area contributed by atoms with Crippen molar-refractivity contribution in [2.75, 3.05) is 17.9 Å². The molecule has 8 heteroatoms. The van der Waals surface area contributed by atoms with Crippen LogP contribution in [0.3, 0.4) is 0 Å². The Kier molecular flexibility index (Phi) is 4.85. The van der Waals surface area contributed by atoms with Gasteiger partial charge in [-0.15, -0.1) is 0 Å². The molecule has 1 fully saturated rings. The first-order valence-electron chi connectivity index (χ1n) is 6.29. The van der Waals surface area contributed by atoms with Gasteiger partial charge in [0.05, 0.1) is 17.3 Å². The second-order valence-corrected chi connectivity index (χ2v) is 6.70. The predicted octanol–water partition coefficient (Wildman–Crippen LogP) is 1.98. The molecule has 0 radical (unpaired) electrons. The van der Waals surface area contributed by atoms with Crippen LogP contribution >= 0.6 is 11.6 Å². The monoisotopic (exact) mass is 322 g/mol. The Morgan fingerprint density at radius 3 is 2.85 bits per heavy atom. The first kappa shape index (κ1) is 15.5. The Labute approximate surface area is 122 Å². The highest BCUT2D eigenvalue weighted by atomic mass is 35.5. The fourth-order valence-corrected chi connectivity index (χ4v) is 4.02. The fraction of sp³-hybridized carbons (Fsp3) is 0.500. The van der Waals surface area contributed by atoms with Gasteiger partial charge in [0.15, 0.2) is 0 Å². The highest BCUT2D eigenvalue weighted by molar-refractivity contribution is 7.90. The maximum Gasteiger partial charge on any atom is 0.302 e. The van der Waals surface area contributed by atoms with E-state index in [2.05, 4.69) is 4.72 Å². The van der Waals surface area contributed by atoms with Gasteiger partial charge in [0.2, 0.25) is 0 Å². The fourth-order valence-electron chi connectivity index (χ4n) is 2.24. The Morgan fingerprint density at radius 1 is 1.45 bits per heavy atom. The van der Waals surface area contributed by atoms with E-state index in [-0.39, 0.29) is 17.3 Å². The average Bonchev–Trinajstić information content (AvgIpc) is 2.42. The van der Waals surface area contributed by atoms with Crippen LogP contribution in [0.15, 0.2) is 18.2 Å². The lowest BCUT2D eigenvalue weighted by Crippen LogP contribution is -2.47. The number of halogens is 2. The van der Waals surface area contributed by atoms with Crippen LogP contribution in [0.2, 0.25) is 5.02 Å². The van der Waals surface area contributed by atoms with E-state index in [1.807, 2.05) is 0 Å². The van der Waals surface area contributed by atoms with E-state index in [1.54, 1.807) is 0 Å². The second-order valence-electron chi connectivity index (χ2n) is 4.67. The minimum atomic E-state index is -3.82. The number of hydrogen-bond acceptors (Lipinski definition) is 3. The van der Waals surface area contributed by atoms with Crippen molar-refractivity contribution in [2.45, 2.75) is 25.3 Å². The lowest BCUT2D eigenvalue weighted by atomic mass is 10.1. The molecule has 0 saturated carbocycles. The summed E-state index contributed by atoms with van der Waals surface area (Å²) < 4.78 is 41.1. The van der Waals surface area contributed by atoms with Crippen LogP contribution in [0.25, 0.3) is 0 Å². The number of anilines is 1. The largest absolute Gasteiger partial charge is 0.395 e. The van der Waals surface area contributed by atoms with Gasteiger partial charge >= 0.3 is 10.2 Å². The smallest absolute Gasteiger partial charge is 0.302 e. The zero-order valence-electron chi connectivity index (χ0n) is 10.7. The van der Waals surface area contributed by atoms with E-state index < -0.39 is 22.1 Å². The molecule has 2 rings (SSSR count). The molecular formula is C12H16ClFN2O3S. The molecule has 1 atom stereocenters. The van der Waals surface area contributed by atoms with Crippen LogP contribution in [-0.4, -0.2) is 37.0 Å². The Hall–Kier alpha value is -0.890. The van der Waals surface area contributed by atoms with Gasteiger partial charge in [-0.3, -0.25) is 4.72 Å². The summed E-state index contributed by atoms with van der Waals surface area (Å²) in [6.45, 7) is 0.122. The summed E-state index contributed by atoms with van der Waals surface area (Å²) in [7, 11) is -3.82. The van der Waals surface area contributed by atoms with E-state index in [1.165, 1.54) is 10.4 Å². The van der Waals surface area contributed by atoms with Gasteiger partial charge in [-0.1, -0.05) is 18.0 Å². The molecule has 0 aliphatic carbocycles. The summed E-state index contributed by atoms with van der Waals surface area (Å²) in [5.74, 6) is -0.538. The van der Waals surface area contributed by atoms with E-state index in [0.29, 0.717) is 13.0 Å². The van der Waals surface area contributed by atoms with Gasteiger partial charge in [-0.25, -0.2) is 4.39 Å². The first-order valence-corrected chi connectivity index (χ1v) is 8.11. The molecule has 1 aliphatic rings. The van der Waals surface area contributed by atoms with E-state index in [9.17, 15) is 17.9 Å². The lowest BCUT2D eigenvalue weighted by Gasteiger charge is -2.33. The molecule has 20 heavy (non-hydrogen) atoms. The minimum Gasteiger partial charge on any atom is -0.395 e. The van der Waals surface area contributed by atoms with E-state index in [0.717, 1.165) is 25.0 Å². The molecule has 1 heterocycles. The lowest BCUT2D eigenvalue weighted by molar-refractivity contribution is 0.156. The summed E-state index contributed by atoms with van der Waals surface area (Å²) in [6, 6.07) is 3.01. The Bertz CT molecular complexity index is 582. The third-order valence-electron chi connectivity index (χ3n) is 3.26. The number of aliphatic hydroxyl groups excluding tert-OH is 1. The van der Waals surface area contributed by atoms with Crippen molar-refractivity contribution in [1.29, 1.82) is 0 Å². The standard InChI is InChI=1S/C12H16ClFN2O3S/c13-11-7-9(14)4-5-12(11)15-20(18,19)16-6-2-1-3-10(16)8-17/h4-5,7,10,15,17H,1-3,6,8H2. The third kappa shape index (κ3) is 3.41. The van der Waals surface area contributed by atoms with Crippen LogP contribution in [0.4, 0.5) is 10.1 Å². The van der Waals surface area contributed by atoms with Crippen LogP contribution in [-0.2, 0) is 10.2 Å². The summed E-state index contributed by atoms with van der Waals surface area (Å²) in [4.78, 5) is 0. The SMILES string of the molecule is O=S(=O)(Nc1ccc(F)cc1Cl)N1CCCCC1CO. The molecule has 2 N–H and O–H groups in total. The maximum absolute atomic E-state index is 12.9. The van der Waals surface area contributed by atoms with Crippen LogP contribution < -0.4 is 4.72 Å². The number of nitrogens with zero attached hydrogens (tertiary/aromatic N) is 1. The average molecular weight is 323 g/mol. The third-order valence-corrected chi connectivity index (χ3v) is 5.15. The molecule has 1 unspecified atom stereocenters. The molecule has 0 amide bonds. The number of nitrogens with one attached hydrogen (secondary N) is 1. The van der Waals surface area contributed by atoms with Crippen molar-refractivity contribution in [3.63, 3.8) is 0 Å². The number of rotatable bonds is 4. The molecular weight excluding hydrogens is 307 g/mol. The highest BCUT2D eigenvalue weighted by Crippen LogP contribution is 2.26. The molecule has 1 aromatic carbocycles. The molecule has 0 aromatic heterocycles. The van der Waals surface area contributed by atoms with Crippen LogP contribution in [0.5, 0.6) is 0 Å². The van der Waals surface area contributed by atoms with Gasteiger partial charge in [0.1, 0.15) is 5.82 Å². The van der Waals surface area contributed by atoms with Gasteiger partial charge in [-0.2, -0.15) is 12.7 Å². The summed E-state index contributed by atoms with van der Waals surface area (Å²) in [6.07, 6.45) is 2.25. The Balaban J connectivity index is 2.21. The van der Waals surface area contributed by atoms with Gasteiger partial charge < -0.3 is 5.11 Å². The molecule has 1 aromatic rings. The topological polar surface area (TPSA) is 69.6 Å². The van der Waals surface area contributed by atoms with Gasteiger partial charge in [0.25, 0.3) is 0 Å². The zero-order chi connectivity index (χ0) is 14.8. The molecule has 1 aliphatic heterocycles. The number of benzene rings is 1. The van der Waals surface area contributed by atoms with Gasteiger partial charge in [0, 0.05) is 12.6 Å². The van der Waals surface area contributed by atoms with E-state index >= 15 is 0 Å². The Morgan fingerprint density at radius 2 is 2.20 bits per heavy atom.